The fraction of sp³-hybridized carbons (Fsp3) is 0.235. The maximum Gasteiger partial charge on any atom is 0.159 e. The Morgan fingerprint density at radius 2 is 2.00 bits per heavy atom. The molecule has 2 N–H and O–H groups in total. The predicted molar refractivity (Wildman–Crippen MR) is 88.1 cm³/mol. The molecule has 1 saturated heterocycles. The van der Waals surface area contributed by atoms with Gasteiger partial charge in [-0.1, -0.05) is 41.6 Å². The van der Waals surface area contributed by atoms with Crippen LogP contribution in [0.15, 0.2) is 48.5 Å². The molecule has 4 nitrogen and oxygen atoms in total. The zero-order chi connectivity index (χ0) is 16.2. The number of rotatable bonds is 5. The van der Waals surface area contributed by atoms with E-state index in [0.717, 1.165) is 16.9 Å². The van der Waals surface area contributed by atoms with Crippen LogP contribution in [0.4, 0.5) is 0 Å². The number of aliphatic carboxylic acids is 1. The number of carboxylic acids is 1. The van der Waals surface area contributed by atoms with Crippen LogP contribution in [0, 0.1) is 0 Å². The average Bonchev–Trinajstić information content (AvgIpc) is 3.05. The van der Waals surface area contributed by atoms with Crippen LogP contribution >= 0.6 is 23.4 Å². The van der Waals surface area contributed by atoms with Crippen LogP contribution in [-0.4, -0.2) is 17.8 Å². The highest BCUT2D eigenvalue weighted by Gasteiger charge is 2.30. The Morgan fingerprint density at radius 3 is 2.65 bits per heavy atom. The van der Waals surface area contributed by atoms with Crippen LogP contribution in [-0.2, 0) is 11.4 Å². The van der Waals surface area contributed by atoms with Gasteiger partial charge in [0.25, 0.3) is 0 Å². The van der Waals surface area contributed by atoms with E-state index in [0.29, 0.717) is 17.4 Å². The quantitative estimate of drug-likeness (QED) is 0.884. The highest BCUT2D eigenvalue weighted by atomic mass is 35.5. The van der Waals surface area contributed by atoms with Gasteiger partial charge in [-0.3, -0.25) is 0 Å². The summed E-state index contributed by atoms with van der Waals surface area (Å²) in [5, 5.41) is 13.5. The van der Waals surface area contributed by atoms with Gasteiger partial charge in [0.05, 0.1) is 5.75 Å². The third-order valence-electron chi connectivity index (χ3n) is 3.73. The van der Waals surface area contributed by atoms with Crippen molar-refractivity contribution in [3.63, 3.8) is 0 Å². The fourth-order valence-corrected chi connectivity index (χ4v) is 3.92. The Kier molecular flexibility index (Phi) is 5.10. The number of carbonyl (C=O) groups excluding carboxylic acids is 1. The normalized spacial score (nSPS) is 20.4. The van der Waals surface area contributed by atoms with Crippen LogP contribution in [0.25, 0.3) is 0 Å². The van der Waals surface area contributed by atoms with E-state index in [2.05, 4.69) is 0 Å². The SMILES string of the molecule is O=C([O-])[C@@H]1CS[C@H](c2ccc(OCc3ccccc3Cl)cc2)[NH2+]1. The van der Waals surface area contributed by atoms with Gasteiger partial charge in [-0.25, -0.2) is 0 Å². The lowest BCUT2D eigenvalue weighted by Crippen LogP contribution is -2.90. The van der Waals surface area contributed by atoms with E-state index in [1.54, 1.807) is 11.8 Å². The van der Waals surface area contributed by atoms with Gasteiger partial charge in [0.2, 0.25) is 0 Å². The van der Waals surface area contributed by atoms with Gasteiger partial charge in [-0.15, -0.1) is 0 Å². The molecule has 1 fully saturated rings. The molecule has 0 bridgehead atoms. The van der Waals surface area contributed by atoms with Crippen molar-refractivity contribution in [2.75, 3.05) is 5.75 Å². The van der Waals surface area contributed by atoms with Gasteiger partial charge in [-0.05, 0) is 30.3 Å². The number of halogens is 1. The molecule has 0 aromatic heterocycles. The topological polar surface area (TPSA) is 66.0 Å². The van der Waals surface area contributed by atoms with Gasteiger partial charge in [0, 0.05) is 16.1 Å². The molecule has 23 heavy (non-hydrogen) atoms. The van der Waals surface area contributed by atoms with E-state index < -0.39 is 12.0 Å². The second kappa shape index (κ2) is 7.25. The first-order chi connectivity index (χ1) is 11.1. The average molecular weight is 350 g/mol. The number of carboxylic acid groups (broad SMARTS) is 1. The van der Waals surface area contributed by atoms with E-state index in [9.17, 15) is 9.90 Å². The van der Waals surface area contributed by atoms with Crippen LogP contribution in [0.5, 0.6) is 5.75 Å². The third-order valence-corrected chi connectivity index (χ3v) is 5.43. The Hall–Kier alpha value is -1.69. The molecular weight excluding hydrogens is 334 g/mol. The van der Waals surface area contributed by atoms with Gasteiger partial charge in [0.15, 0.2) is 5.37 Å². The largest absolute Gasteiger partial charge is 0.544 e. The Morgan fingerprint density at radius 1 is 1.26 bits per heavy atom. The first-order valence-electron chi connectivity index (χ1n) is 7.27. The maximum absolute atomic E-state index is 10.9. The van der Waals surface area contributed by atoms with E-state index >= 15 is 0 Å². The van der Waals surface area contributed by atoms with Crippen LogP contribution in [0.2, 0.25) is 5.02 Å². The molecule has 2 aromatic carbocycles. The first kappa shape index (κ1) is 16.2. The molecule has 0 spiro atoms. The molecule has 0 saturated carbocycles. The van der Waals surface area contributed by atoms with Crippen molar-refractivity contribution < 1.29 is 20.0 Å². The smallest absolute Gasteiger partial charge is 0.159 e. The molecule has 1 aliphatic heterocycles. The lowest BCUT2D eigenvalue weighted by molar-refractivity contribution is -0.690. The molecule has 0 radical (unpaired) electrons. The van der Waals surface area contributed by atoms with E-state index in [-0.39, 0.29) is 5.37 Å². The Bertz CT molecular complexity index is 692. The van der Waals surface area contributed by atoms with Crippen molar-refractivity contribution in [3.05, 3.63) is 64.7 Å². The standard InChI is InChI=1S/C17H16ClNO3S/c18-14-4-2-1-3-12(14)9-22-13-7-5-11(6-8-13)16-19-15(10-23-16)17(20)21/h1-8,15-16,19H,9-10H2,(H,20,21)/t15-,16+/m0/s1. The molecule has 0 aliphatic carbocycles. The number of carbonyl (C=O) groups is 1. The summed E-state index contributed by atoms with van der Waals surface area (Å²) in [5.74, 6) is 0.324. The van der Waals surface area contributed by atoms with Crippen molar-refractivity contribution in [1.82, 2.24) is 0 Å². The van der Waals surface area contributed by atoms with Crippen molar-refractivity contribution >= 4 is 29.3 Å². The summed E-state index contributed by atoms with van der Waals surface area (Å²) in [6, 6.07) is 14.8. The summed E-state index contributed by atoms with van der Waals surface area (Å²) in [6.45, 7) is 0.413. The molecule has 1 heterocycles. The summed E-state index contributed by atoms with van der Waals surface area (Å²) in [7, 11) is 0. The number of ether oxygens (including phenoxy) is 1. The highest BCUT2D eigenvalue weighted by Crippen LogP contribution is 2.28. The molecule has 3 rings (SSSR count). The second-order valence-electron chi connectivity index (χ2n) is 5.32. The van der Waals surface area contributed by atoms with Gasteiger partial charge >= 0.3 is 0 Å². The number of nitrogens with two attached hydrogens (primary N) is 1. The molecular formula is C17H16ClNO3S. The molecule has 120 valence electrons. The molecule has 1 aliphatic rings. The zero-order valence-corrected chi connectivity index (χ0v) is 13.8. The number of hydrogen-bond donors (Lipinski definition) is 1. The van der Waals surface area contributed by atoms with Gasteiger partial charge in [0.1, 0.15) is 24.4 Å². The lowest BCUT2D eigenvalue weighted by Gasteiger charge is -2.12. The number of hydrogen-bond acceptors (Lipinski definition) is 4. The minimum absolute atomic E-state index is 0.0931. The highest BCUT2D eigenvalue weighted by molar-refractivity contribution is 7.99. The van der Waals surface area contributed by atoms with Gasteiger partial charge < -0.3 is 20.0 Å². The summed E-state index contributed by atoms with van der Waals surface area (Å²) >= 11 is 7.72. The maximum atomic E-state index is 10.9. The second-order valence-corrected chi connectivity index (χ2v) is 6.90. The fourth-order valence-electron chi connectivity index (χ4n) is 2.41. The Labute approximate surface area is 143 Å². The van der Waals surface area contributed by atoms with Crippen molar-refractivity contribution in [3.8, 4) is 5.75 Å². The Balaban J connectivity index is 1.59. The summed E-state index contributed by atoms with van der Waals surface area (Å²) in [5.41, 5.74) is 2.01. The molecule has 2 aromatic rings. The van der Waals surface area contributed by atoms with Crippen LogP contribution in [0.3, 0.4) is 0 Å². The van der Waals surface area contributed by atoms with Gasteiger partial charge in [-0.2, -0.15) is 0 Å². The van der Waals surface area contributed by atoms with Crippen molar-refractivity contribution in [1.29, 1.82) is 0 Å². The molecule has 0 amide bonds. The van der Waals surface area contributed by atoms with E-state index in [4.69, 9.17) is 16.3 Å². The number of thioether (sulfide) groups is 1. The summed E-state index contributed by atoms with van der Waals surface area (Å²) in [4.78, 5) is 10.9. The summed E-state index contributed by atoms with van der Waals surface area (Å²) in [6.07, 6.45) is 0. The van der Waals surface area contributed by atoms with E-state index in [1.807, 2.05) is 53.8 Å². The van der Waals surface area contributed by atoms with E-state index in [1.165, 1.54) is 0 Å². The zero-order valence-electron chi connectivity index (χ0n) is 12.3. The molecule has 0 unspecified atom stereocenters. The molecule has 6 heteroatoms. The minimum Gasteiger partial charge on any atom is -0.544 e. The third kappa shape index (κ3) is 3.99. The van der Waals surface area contributed by atoms with Crippen LogP contribution < -0.4 is 15.2 Å². The first-order valence-corrected chi connectivity index (χ1v) is 8.70. The monoisotopic (exact) mass is 349 g/mol. The lowest BCUT2D eigenvalue weighted by atomic mass is 10.2. The van der Waals surface area contributed by atoms with Crippen molar-refractivity contribution in [2.24, 2.45) is 0 Å². The molecule has 2 atom stereocenters. The predicted octanol–water partition coefficient (Wildman–Crippen LogP) is 1.35. The number of quaternary nitrogens is 1. The van der Waals surface area contributed by atoms with Crippen LogP contribution in [0.1, 0.15) is 16.5 Å². The number of benzene rings is 2. The summed E-state index contributed by atoms with van der Waals surface area (Å²) < 4.78 is 5.74. The van der Waals surface area contributed by atoms with Crippen molar-refractivity contribution in [2.45, 2.75) is 18.0 Å². The minimum atomic E-state index is -1.00.